The van der Waals surface area contributed by atoms with E-state index in [1.165, 1.54) is 0 Å². The summed E-state index contributed by atoms with van der Waals surface area (Å²) in [7, 11) is 2.30. The first kappa shape index (κ1) is 19.4. The number of urea groups is 1. The predicted molar refractivity (Wildman–Crippen MR) is 81.8 cm³/mol. The van der Waals surface area contributed by atoms with Crippen molar-refractivity contribution in [3.63, 3.8) is 0 Å². The van der Waals surface area contributed by atoms with Gasteiger partial charge in [-0.25, -0.2) is 4.79 Å². The number of hydrogen-bond donors (Lipinski definition) is 1. The van der Waals surface area contributed by atoms with Gasteiger partial charge in [0.1, 0.15) is 0 Å². The largest absolute Gasteiger partial charge is 0.500 e. The molecule has 0 aromatic carbocycles. The lowest BCUT2D eigenvalue weighted by Crippen LogP contribution is -2.45. The van der Waals surface area contributed by atoms with Crippen LogP contribution in [0.5, 0.6) is 0 Å². The zero-order valence-electron chi connectivity index (χ0n) is 13.5. The molecular formula is C13H30N2O4Si. The lowest BCUT2D eigenvalue weighted by Gasteiger charge is -2.27. The summed E-state index contributed by atoms with van der Waals surface area (Å²) in [6.07, 6.45) is 2.89. The fraction of sp³-hybridized carbons (Fsp3) is 0.923. The van der Waals surface area contributed by atoms with Crippen molar-refractivity contribution in [1.82, 2.24) is 10.2 Å². The smallest absolute Gasteiger partial charge is 0.377 e. The number of unbranched alkanes of at least 4 members (excludes halogenated alkanes) is 1. The maximum atomic E-state index is 11.9. The Morgan fingerprint density at radius 3 is 2.05 bits per heavy atom. The van der Waals surface area contributed by atoms with E-state index < -0.39 is 8.80 Å². The van der Waals surface area contributed by atoms with Crippen LogP contribution in [0.15, 0.2) is 0 Å². The molecule has 0 radical (unpaired) electrons. The molecular weight excluding hydrogens is 276 g/mol. The molecule has 0 bridgehead atoms. The molecule has 0 aromatic rings. The van der Waals surface area contributed by atoms with Gasteiger partial charge in [0.2, 0.25) is 0 Å². The summed E-state index contributed by atoms with van der Waals surface area (Å²) in [5.74, 6) is 0. The average Bonchev–Trinajstić information content (AvgIpc) is 2.47. The van der Waals surface area contributed by atoms with E-state index in [9.17, 15) is 4.79 Å². The summed E-state index contributed by atoms with van der Waals surface area (Å²) < 4.78 is 16.1. The van der Waals surface area contributed by atoms with Gasteiger partial charge >= 0.3 is 14.8 Å². The van der Waals surface area contributed by atoms with Crippen molar-refractivity contribution < 1.29 is 18.1 Å². The molecule has 0 unspecified atom stereocenters. The fourth-order valence-electron chi connectivity index (χ4n) is 1.97. The summed E-state index contributed by atoms with van der Waals surface area (Å²) in [6.45, 7) is 6.16. The Labute approximate surface area is 124 Å². The zero-order valence-corrected chi connectivity index (χ0v) is 14.5. The summed E-state index contributed by atoms with van der Waals surface area (Å²) in [5, 5.41) is 2.85. The van der Waals surface area contributed by atoms with Gasteiger partial charge in [0.15, 0.2) is 0 Å². The van der Waals surface area contributed by atoms with Crippen molar-refractivity contribution in [2.75, 3.05) is 41.0 Å². The van der Waals surface area contributed by atoms with Gasteiger partial charge in [0.25, 0.3) is 0 Å². The van der Waals surface area contributed by atoms with Gasteiger partial charge in [-0.05, 0) is 19.8 Å². The third kappa shape index (κ3) is 6.69. The molecule has 7 heteroatoms. The summed E-state index contributed by atoms with van der Waals surface area (Å²) in [5.41, 5.74) is 0. The highest BCUT2D eigenvalue weighted by molar-refractivity contribution is 6.60. The van der Waals surface area contributed by atoms with Crippen molar-refractivity contribution in [2.45, 2.75) is 39.2 Å². The van der Waals surface area contributed by atoms with Gasteiger partial charge in [-0.15, -0.1) is 0 Å². The van der Waals surface area contributed by atoms with Crippen LogP contribution in [0.3, 0.4) is 0 Å². The lowest BCUT2D eigenvalue weighted by molar-refractivity contribution is 0.121. The van der Waals surface area contributed by atoms with Gasteiger partial charge in [-0.1, -0.05) is 13.3 Å². The molecule has 120 valence electrons. The second-order valence-electron chi connectivity index (χ2n) is 4.58. The van der Waals surface area contributed by atoms with Crippen molar-refractivity contribution in [3.8, 4) is 0 Å². The molecule has 0 saturated carbocycles. The number of amides is 2. The molecule has 0 atom stereocenters. The van der Waals surface area contributed by atoms with E-state index in [-0.39, 0.29) is 6.03 Å². The average molecular weight is 306 g/mol. The van der Waals surface area contributed by atoms with E-state index in [2.05, 4.69) is 12.2 Å². The second kappa shape index (κ2) is 11.1. The van der Waals surface area contributed by atoms with Crippen LogP contribution in [0.25, 0.3) is 0 Å². The van der Waals surface area contributed by atoms with Gasteiger partial charge in [0, 0.05) is 47.0 Å². The van der Waals surface area contributed by atoms with Crippen LogP contribution in [-0.4, -0.2) is 60.7 Å². The number of nitrogens with zero attached hydrogens (tertiary/aromatic N) is 1. The third-order valence-corrected chi connectivity index (χ3v) is 6.07. The van der Waals surface area contributed by atoms with Gasteiger partial charge in [0.05, 0.1) is 0 Å². The minimum Gasteiger partial charge on any atom is -0.377 e. The minimum absolute atomic E-state index is 0.000433. The van der Waals surface area contributed by atoms with E-state index in [4.69, 9.17) is 13.3 Å². The van der Waals surface area contributed by atoms with E-state index in [0.29, 0.717) is 19.1 Å². The quantitative estimate of drug-likeness (QED) is 0.594. The van der Waals surface area contributed by atoms with Crippen LogP contribution in [-0.2, 0) is 13.3 Å². The summed E-state index contributed by atoms with van der Waals surface area (Å²) >= 11 is 0. The molecule has 0 aliphatic carbocycles. The van der Waals surface area contributed by atoms with Crippen molar-refractivity contribution in [3.05, 3.63) is 0 Å². The van der Waals surface area contributed by atoms with Crippen LogP contribution in [0.4, 0.5) is 4.79 Å². The predicted octanol–water partition coefficient (Wildman–Crippen LogP) is 2.09. The highest BCUT2D eigenvalue weighted by atomic mass is 28.4. The molecule has 0 fully saturated rings. The van der Waals surface area contributed by atoms with Crippen LogP contribution >= 0.6 is 0 Å². The molecule has 0 aromatic heterocycles. The molecule has 6 nitrogen and oxygen atoms in total. The summed E-state index contributed by atoms with van der Waals surface area (Å²) in [4.78, 5) is 13.8. The van der Waals surface area contributed by atoms with Crippen LogP contribution in [0.2, 0.25) is 6.04 Å². The number of carbonyl (C=O) groups excluding carboxylic acids is 1. The Kier molecular flexibility index (Phi) is 10.7. The molecule has 20 heavy (non-hydrogen) atoms. The fourth-order valence-corrected chi connectivity index (χ4v) is 3.67. The second-order valence-corrected chi connectivity index (χ2v) is 7.67. The summed E-state index contributed by atoms with van der Waals surface area (Å²) in [6, 6.07) is 0.707. The molecule has 0 heterocycles. The SMILES string of the molecule is CCCCN(CCC[Si](OC)(OC)OC)C(=O)NCC. The van der Waals surface area contributed by atoms with E-state index in [1.807, 2.05) is 11.8 Å². The Morgan fingerprint density at radius 2 is 1.60 bits per heavy atom. The first-order valence-electron chi connectivity index (χ1n) is 7.27. The third-order valence-electron chi connectivity index (χ3n) is 3.24. The first-order valence-corrected chi connectivity index (χ1v) is 9.20. The van der Waals surface area contributed by atoms with E-state index in [0.717, 1.165) is 25.8 Å². The van der Waals surface area contributed by atoms with Gasteiger partial charge in [-0.3, -0.25) is 0 Å². The number of rotatable bonds is 11. The van der Waals surface area contributed by atoms with E-state index >= 15 is 0 Å². The number of hydrogen-bond acceptors (Lipinski definition) is 4. The Bertz CT molecular complexity index is 254. The van der Waals surface area contributed by atoms with Crippen molar-refractivity contribution in [1.29, 1.82) is 0 Å². The van der Waals surface area contributed by atoms with Crippen molar-refractivity contribution in [2.24, 2.45) is 0 Å². The molecule has 0 saturated heterocycles. The normalized spacial score (nSPS) is 11.4. The van der Waals surface area contributed by atoms with Gasteiger partial charge in [-0.2, -0.15) is 0 Å². The van der Waals surface area contributed by atoms with Crippen LogP contribution in [0.1, 0.15) is 33.1 Å². The van der Waals surface area contributed by atoms with Crippen LogP contribution in [0, 0.1) is 0 Å². The molecule has 1 N–H and O–H groups in total. The molecule has 2 amide bonds. The lowest BCUT2D eigenvalue weighted by atomic mass is 10.3. The standard InChI is InChI=1S/C13H30N2O4Si/c1-6-8-10-15(13(16)14-7-2)11-9-12-20(17-3,18-4)19-5/h6-12H2,1-5H3,(H,14,16). The Hall–Kier alpha value is -0.633. The maximum Gasteiger partial charge on any atom is 0.500 e. The van der Waals surface area contributed by atoms with Crippen LogP contribution < -0.4 is 5.32 Å². The van der Waals surface area contributed by atoms with E-state index in [1.54, 1.807) is 21.3 Å². The number of nitrogens with one attached hydrogen (secondary N) is 1. The van der Waals surface area contributed by atoms with Gasteiger partial charge < -0.3 is 23.5 Å². The Balaban J connectivity index is 4.33. The zero-order chi connectivity index (χ0) is 15.4. The molecule has 0 aliphatic rings. The number of carbonyl (C=O) groups is 1. The minimum atomic E-state index is -2.53. The Morgan fingerprint density at radius 1 is 1.05 bits per heavy atom. The highest BCUT2D eigenvalue weighted by Gasteiger charge is 2.37. The maximum absolute atomic E-state index is 11.9. The molecule has 0 spiro atoms. The molecule has 0 aliphatic heterocycles. The molecule has 0 rings (SSSR count). The highest BCUT2D eigenvalue weighted by Crippen LogP contribution is 2.15. The topological polar surface area (TPSA) is 60.0 Å². The first-order chi connectivity index (χ1) is 9.59. The monoisotopic (exact) mass is 306 g/mol. The van der Waals surface area contributed by atoms with Crippen molar-refractivity contribution >= 4 is 14.8 Å².